The Labute approximate surface area is 57.6 Å². The molecule has 0 bridgehead atoms. The van der Waals surface area contributed by atoms with Gasteiger partial charge in [-0.3, -0.25) is 0 Å². The van der Waals surface area contributed by atoms with Crippen LogP contribution in [0.5, 0.6) is 0 Å². The minimum atomic E-state index is 1.24. The van der Waals surface area contributed by atoms with Gasteiger partial charge >= 0.3 is 0 Å². The average molecular weight is 122 g/mol. The van der Waals surface area contributed by atoms with E-state index >= 15 is 0 Å². The van der Waals surface area contributed by atoms with Gasteiger partial charge in [0.2, 0.25) is 0 Å². The maximum atomic E-state index is 3.67. The lowest BCUT2D eigenvalue weighted by atomic mass is 10.1. The molecule has 0 heteroatoms. The zero-order valence-corrected chi connectivity index (χ0v) is 6.44. The topological polar surface area (TPSA) is 0 Å². The number of allylic oxidation sites excluding steroid dienone is 5. The summed E-state index contributed by atoms with van der Waals surface area (Å²) in [6.45, 7) is 9.82. The summed E-state index contributed by atoms with van der Waals surface area (Å²) in [7, 11) is 0. The van der Waals surface area contributed by atoms with Crippen molar-refractivity contribution in [1.29, 1.82) is 0 Å². The van der Waals surface area contributed by atoms with E-state index in [0.29, 0.717) is 0 Å². The van der Waals surface area contributed by atoms with Crippen LogP contribution in [-0.2, 0) is 0 Å². The van der Waals surface area contributed by atoms with E-state index in [1.54, 1.807) is 0 Å². The Morgan fingerprint density at radius 2 is 1.78 bits per heavy atom. The van der Waals surface area contributed by atoms with Crippen molar-refractivity contribution in [1.82, 2.24) is 0 Å². The summed E-state index contributed by atoms with van der Waals surface area (Å²) in [5, 5.41) is 0. The van der Waals surface area contributed by atoms with Gasteiger partial charge in [-0.2, -0.15) is 0 Å². The van der Waals surface area contributed by atoms with Crippen LogP contribution in [0.3, 0.4) is 0 Å². The Kier molecular flexibility index (Phi) is 3.78. The summed E-state index contributed by atoms with van der Waals surface area (Å²) in [6, 6.07) is 0. The highest BCUT2D eigenvalue weighted by atomic mass is 13.9. The summed E-state index contributed by atoms with van der Waals surface area (Å²) in [4.78, 5) is 0. The second-order valence-electron chi connectivity index (χ2n) is 2.07. The predicted molar refractivity (Wildman–Crippen MR) is 43.4 cm³/mol. The number of hydrogen-bond donors (Lipinski definition) is 0. The molecule has 0 aromatic heterocycles. The molecule has 0 atom stereocenters. The Balaban J connectivity index is 4.27. The highest BCUT2D eigenvalue weighted by Crippen LogP contribution is 2.04. The van der Waals surface area contributed by atoms with Crippen LogP contribution in [-0.4, -0.2) is 0 Å². The molecule has 0 aliphatic heterocycles. The van der Waals surface area contributed by atoms with Crippen LogP contribution in [0.2, 0.25) is 0 Å². The van der Waals surface area contributed by atoms with E-state index < -0.39 is 0 Å². The summed E-state index contributed by atoms with van der Waals surface area (Å²) in [6.07, 6.45) is 5.98. The second kappa shape index (κ2) is 4.13. The predicted octanol–water partition coefficient (Wildman–Crippen LogP) is 3.08. The first-order valence-electron chi connectivity index (χ1n) is 3.15. The van der Waals surface area contributed by atoms with Crippen LogP contribution in [0.1, 0.15) is 20.8 Å². The van der Waals surface area contributed by atoms with Crippen molar-refractivity contribution in [3.05, 3.63) is 36.0 Å². The smallest absolute Gasteiger partial charge is 0.0395 e. The second-order valence-corrected chi connectivity index (χ2v) is 2.07. The normalized spacial score (nSPS) is 13.7. The molecular formula is C9H14. The van der Waals surface area contributed by atoms with E-state index in [1.165, 1.54) is 11.1 Å². The fourth-order valence-electron chi connectivity index (χ4n) is 0.542. The van der Waals surface area contributed by atoms with E-state index in [9.17, 15) is 0 Å². The molecule has 0 heterocycles. The lowest BCUT2D eigenvalue weighted by molar-refractivity contribution is 1.37. The maximum Gasteiger partial charge on any atom is -0.0395 e. The van der Waals surface area contributed by atoms with Crippen molar-refractivity contribution in [2.45, 2.75) is 20.8 Å². The van der Waals surface area contributed by atoms with Crippen LogP contribution in [0.15, 0.2) is 36.0 Å². The van der Waals surface area contributed by atoms with E-state index in [2.05, 4.69) is 26.5 Å². The average Bonchev–Trinajstić information content (AvgIpc) is 1.87. The summed E-state index contributed by atoms with van der Waals surface area (Å²) in [5.41, 5.74) is 2.53. The lowest BCUT2D eigenvalue weighted by Gasteiger charge is -1.93. The van der Waals surface area contributed by atoms with Crippen LogP contribution in [0, 0.1) is 0 Å². The van der Waals surface area contributed by atoms with Gasteiger partial charge in [-0.25, -0.2) is 0 Å². The molecule has 0 aliphatic rings. The summed E-state index contributed by atoms with van der Waals surface area (Å²) in [5.74, 6) is 0. The molecule has 0 N–H and O–H groups in total. The summed E-state index contributed by atoms with van der Waals surface area (Å²) >= 11 is 0. The molecule has 0 saturated heterocycles. The monoisotopic (exact) mass is 122 g/mol. The van der Waals surface area contributed by atoms with E-state index in [0.717, 1.165) is 0 Å². The zero-order chi connectivity index (χ0) is 7.28. The van der Waals surface area contributed by atoms with Crippen LogP contribution in [0.25, 0.3) is 0 Å². The molecule has 0 fully saturated rings. The van der Waals surface area contributed by atoms with Gasteiger partial charge in [0.05, 0.1) is 0 Å². The molecule has 0 aromatic carbocycles. The van der Waals surface area contributed by atoms with Gasteiger partial charge in [-0.1, -0.05) is 24.8 Å². The van der Waals surface area contributed by atoms with Crippen molar-refractivity contribution in [3.8, 4) is 0 Å². The maximum absolute atomic E-state index is 3.67. The summed E-state index contributed by atoms with van der Waals surface area (Å²) < 4.78 is 0. The third kappa shape index (κ3) is 2.91. The van der Waals surface area contributed by atoms with Gasteiger partial charge in [0.1, 0.15) is 0 Å². The minimum Gasteiger partial charge on any atom is -0.0988 e. The molecule has 0 nitrogen and oxygen atoms in total. The molecule has 0 aromatic rings. The molecule has 0 saturated carbocycles. The minimum absolute atomic E-state index is 1.24. The molecule has 0 unspecified atom stereocenters. The van der Waals surface area contributed by atoms with Gasteiger partial charge < -0.3 is 0 Å². The Bertz CT molecular complexity index is 147. The van der Waals surface area contributed by atoms with Crippen molar-refractivity contribution in [2.24, 2.45) is 0 Å². The fraction of sp³-hybridized carbons (Fsp3) is 0.333. The third-order valence-corrected chi connectivity index (χ3v) is 1.34. The van der Waals surface area contributed by atoms with Crippen molar-refractivity contribution < 1.29 is 0 Å². The first-order valence-corrected chi connectivity index (χ1v) is 3.15. The third-order valence-electron chi connectivity index (χ3n) is 1.34. The van der Waals surface area contributed by atoms with Gasteiger partial charge in [-0.15, -0.1) is 0 Å². The van der Waals surface area contributed by atoms with Crippen molar-refractivity contribution >= 4 is 0 Å². The molecule has 9 heavy (non-hydrogen) atoms. The van der Waals surface area contributed by atoms with Gasteiger partial charge in [0.15, 0.2) is 0 Å². The van der Waals surface area contributed by atoms with Gasteiger partial charge in [0.25, 0.3) is 0 Å². The first-order chi connectivity index (χ1) is 4.22. The quantitative estimate of drug-likeness (QED) is 0.494. The SMILES string of the molecule is C=C/C(C)=C(C)/C=C\C. The zero-order valence-electron chi connectivity index (χ0n) is 6.44. The molecule has 0 aliphatic carbocycles. The van der Waals surface area contributed by atoms with Crippen molar-refractivity contribution in [3.63, 3.8) is 0 Å². The van der Waals surface area contributed by atoms with Crippen LogP contribution in [0.4, 0.5) is 0 Å². The van der Waals surface area contributed by atoms with Crippen LogP contribution < -0.4 is 0 Å². The molecule has 0 spiro atoms. The first kappa shape index (κ1) is 8.22. The Morgan fingerprint density at radius 3 is 2.11 bits per heavy atom. The Morgan fingerprint density at radius 1 is 1.22 bits per heavy atom. The van der Waals surface area contributed by atoms with Gasteiger partial charge in [-0.05, 0) is 31.9 Å². The Hall–Kier alpha value is -0.780. The fourth-order valence-corrected chi connectivity index (χ4v) is 0.542. The molecule has 0 rings (SSSR count). The molecular weight excluding hydrogens is 108 g/mol. The standard InChI is InChI=1S/C9H14/c1-5-7-9(4)8(3)6-2/h5-7H,2H2,1,3-4H3/b7-5-,9-8+. The number of hydrogen-bond acceptors (Lipinski definition) is 0. The van der Waals surface area contributed by atoms with E-state index in [-0.39, 0.29) is 0 Å². The van der Waals surface area contributed by atoms with Crippen molar-refractivity contribution in [2.75, 3.05) is 0 Å². The largest absolute Gasteiger partial charge is 0.0988 e. The molecule has 0 amide bonds. The van der Waals surface area contributed by atoms with Crippen LogP contribution >= 0.6 is 0 Å². The van der Waals surface area contributed by atoms with E-state index in [4.69, 9.17) is 0 Å². The number of rotatable bonds is 2. The van der Waals surface area contributed by atoms with E-state index in [1.807, 2.05) is 19.1 Å². The lowest BCUT2D eigenvalue weighted by Crippen LogP contribution is -1.73. The highest BCUT2D eigenvalue weighted by molar-refractivity contribution is 5.28. The van der Waals surface area contributed by atoms with Gasteiger partial charge in [0, 0.05) is 0 Å². The molecule has 50 valence electrons. The molecule has 0 radical (unpaired) electrons. The highest BCUT2D eigenvalue weighted by Gasteiger charge is 1.83.